The second-order valence-corrected chi connectivity index (χ2v) is 5.71. The minimum Gasteiger partial charge on any atom is -0.391 e. The smallest absolute Gasteiger partial charge is 0.0775 e. The molecule has 2 nitrogen and oxygen atoms in total. The molecule has 0 saturated carbocycles. The van der Waals surface area contributed by atoms with E-state index in [4.69, 9.17) is 11.6 Å². The normalized spacial score (nSPS) is 14.2. The molecule has 0 spiro atoms. The van der Waals surface area contributed by atoms with Crippen molar-refractivity contribution < 1.29 is 5.11 Å². The van der Waals surface area contributed by atoms with E-state index in [0.717, 1.165) is 11.1 Å². The average Bonchev–Trinajstić information content (AvgIpc) is 2.39. The molecule has 0 amide bonds. The molecule has 0 unspecified atom stereocenters. The van der Waals surface area contributed by atoms with Gasteiger partial charge in [0.1, 0.15) is 0 Å². The summed E-state index contributed by atoms with van der Waals surface area (Å²) in [5.74, 6) is -0.0719. The first kappa shape index (κ1) is 15.0. The maximum absolute atomic E-state index is 10.6. The van der Waals surface area contributed by atoms with E-state index in [1.807, 2.05) is 73.6 Å². The van der Waals surface area contributed by atoms with Gasteiger partial charge in [0, 0.05) is 17.5 Å². The van der Waals surface area contributed by atoms with Crippen molar-refractivity contribution in [3.63, 3.8) is 0 Å². The molecular weight excluding hydrogens is 270 g/mol. The molecule has 0 fully saturated rings. The number of rotatable bonds is 5. The summed E-state index contributed by atoms with van der Waals surface area (Å²) >= 11 is 6.09. The molecule has 0 bridgehead atoms. The third-order valence-electron chi connectivity index (χ3n) is 3.30. The zero-order valence-electron chi connectivity index (χ0n) is 11.8. The monoisotopic (exact) mass is 289 g/mol. The molecule has 106 valence electrons. The van der Waals surface area contributed by atoms with Gasteiger partial charge in [-0.2, -0.15) is 0 Å². The quantitative estimate of drug-likeness (QED) is 0.912. The van der Waals surface area contributed by atoms with E-state index in [0.29, 0.717) is 11.6 Å². The van der Waals surface area contributed by atoms with Crippen LogP contribution in [0.5, 0.6) is 0 Å². The molecule has 20 heavy (non-hydrogen) atoms. The maximum Gasteiger partial charge on any atom is 0.0775 e. The van der Waals surface area contributed by atoms with Crippen LogP contribution in [0.2, 0.25) is 5.02 Å². The molecule has 0 radical (unpaired) electrons. The molecule has 2 aromatic rings. The van der Waals surface area contributed by atoms with Gasteiger partial charge in [0.15, 0.2) is 0 Å². The van der Waals surface area contributed by atoms with E-state index in [2.05, 4.69) is 0 Å². The lowest BCUT2D eigenvalue weighted by Gasteiger charge is -2.26. The Bertz CT molecular complexity index is 542. The van der Waals surface area contributed by atoms with Crippen LogP contribution in [0, 0.1) is 0 Å². The Hall–Kier alpha value is -1.35. The number of hydrogen-bond acceptors (Lipinski definition) is 2. The van der Waals surface area contributed by atoms with Crippen LogP contribution in [-0.2, 0) is 0 Å². The van der Waals surface area contributed by atoms with Crippen molar-refractivity contribution in [3.05, 3.63) is 70.7 Å². The topological polar surface area (TPSA) is 23.5 Å². The van der Waals surface area contributed by atoms with E-state index >= 15 is 0 Å². The van der Waals surface area contributed by atoms with E-state index in [1.165, 1.54) is 0 Å². The molecule has 0 aromatic heterocycles. The molecular formula is C17H20ClNO. The second-order valence-electron chi connectivity index (χ2n) is 5.27. The van der Waals surface area contributed by atoms with Crippen LogP contribution >= 0.6 is 11.6 Å². The van der Waals surface area contributed by atoms with Crippen molar-refractivity contribution in [2.45, 2.75) is 12.0 Å². The summed E-state index contributed by atoms with van der Waals surface area (Å²) in [5.41, 5.74) is 2.14. The van der Waals surface area contributed by atoms with Gasteiger partial charge in [-0.3, -0.25) is 0 Å². The predicted molar refractivity (Wildman–Crippen MR) is 84.3 cm³/mol. The Labute approximate surface area is 125 Å². The van der Waals surface area contributed by atoms with Crippen molar-refractivity contribution in [2.24, 2.45) is 0 Å². The Morgan fingerprint density at radius 1 is 1.00 bits per heavy atom. The lowest BCUT2D eigenvalue weighted by Crippen LogP contribution is -2.31. The number of likely N-dealkylation sites (N-methyl/N-ethyl adjacent to an activating group) is 1. The van der Waals surface area contributed by atoms with Gasteiger partial charge < -0.3 is 10.0 Å². The van der Waals surface area contributed by atoms with Crippen LogP contribution < -0.4 is 0 Å². The van der Waals surface area contributed by atoms with Crippen LogP contribution in [0.3, 0.4) is 0 Å². The largest absolute Gasteiger partial charge is 0.391 e. The van der Waals surface area contributed by atoms with E-state index in [-0.39, 0.29) is 5.92 Å². The SMILES string of the molecule is CN(C)C[C@H](O)[C@@H](c1ccccc1)c1cccc(Cl)c1. The number of nitrogens with zero attached hydrogens (tertiary/aromatic N) is 1. The first-order chi connectivity index (χ1) is 9.58. The van der Waals surface area contributed by atoms with Crippen molar-refractivity contribution in [3.8, 4) is 0 Å². The number of benzene rings is 2. The molecule has 2 aromatic carbocycles. The second kappa shape index (κ2) is 6.89. The highest BCUT2D eigenvalue weighted by Crippen LogP contribution is 2.30. The van der Waals surface area contributed by atoms with Gasteiger partial charge in [-0.1, -0.05) is 54.1 Å². The number of aliphatic hydroxyl groups excluding tert-OH is 1. The Balaban J connectivity index is 2.39. The summed E-state index contributed by atoms with van der Waals surface area (Å²) in [7, 11) is 3.92. The first-order valence-electron chi connectivity index (χ1n) is 6.71. The number of halogens is 1. The standard InChI is InChI=1S/C17H20ClNO/c1-19(2)12-16(20)17(13-7-4-3-5-8-13)14-9-6-10-15(18)11-14/h3-11,16-17,20H,12H2,1-2H3/t16-,17-/m0/s1. The molecule has 2 rings (SSSR count). The summed E-state index contributed by atoms with van der Waals surface area (Å²) in [6, 6.07) is 17.8. The number of hydrogen-bond donors (Lipinski definition) is 1. The third kappa shape index (κ3) is 3.83. The lowest BCUT2D eigenvalue weighted by atomic mass is 9.86. The van der Waals surface area contributed by atoms with Crippen LogP contribution in [0.25, 0.3) is 0 Å². The van der Waals surface area contributed by atoms with Gasteiger partial charge >= 0.3 is 0 Å². The van der Waals surface area contributed by atoms with E-state index in [9.17, 15) is 5.11 Å². The lowest BCUT2D eigenvalue weighted by molar-refractivity contribution is 0.121. The van der Waals surface area contributed by atoms with E-state index in [1.54, 1.807) is 0 Å². The molecule has 3 heteroatoms. The summed E-state index contributed by atoms with van der Waals surface area (Å²) < 4.78 is 0. The van der Waals surface area contributed by atoms with E-state index < -0.39 is 6.10 Å². The van der Waals surface area contributed by atoms with Gasteiger partial charge in [-0.25, -0.2) is 0 Å². The maximum atomic E-state index is 10.6. The van der Waals surface area contributed by atoms with Crippen molar-refractivity contribution in [1.29, 1.82) is 0 Å². The fraction of sp³-hybridized carbons (Fsp3) is 0.294. The van der Waals surface area contributed by atoms with Crippen LogP contribution in [0.1, 0.15) is 17.0 Å². The van der Waals surface area contributed by atoms with Crippen LogP contribution in [0.4, 0.5) is 0 Å². The minimum absolute atomic E-state index is 0.0719. The molecule has 0 heterocycles. The molecule has 0 aliphatic rings. The summed E-state index contributed by atoms with van der Waals surface area (Å²) in [6.45, 7) is 0.603. The van der Waals surface area contributed by atoms with Crippen molar-refractivity contribution in [1.82, 2.24) is 4.90 Å². The summed E-state index contributed by atoms with van der Waals surface area (Å²) in [4.78, 5) is 1.99. The highest BCUT2D eigenvalue weighted by Gasteiger charge is 2.23. The zero-order valence-corrected chi connectivity index (χ0v) is 12.6. The van der Waals surface area contributed by atoms with Gasteiger partial charge in [0.25, 0.3) is 0 Å². The fourth-order valence-corrected chi connectivity index (χ4v) is 2.68. The van der Waals surface area contributed by atoms with Gasteiger partial charge in [0.05, 0.1) is 6.10 Å². The van der Waals surface area contributed by atoms with Crippen LogP contribution in [-0.4, -0.2) is 36.8 Å². The summed E-state index contributed by atoms with van der Waals surface area (Å²) in [6.07, 6.45) is -0.481. The van der Waals surface area contributed by atoms with Gasteiger partial charge in [0.2, 0.25) is 0 Å². The van der Waals surface area contributed by atoms with Gasteiger partial charge in [-0.05, 0) is 37.4 Å². The van der Waals surface area contributed by atoms with Crippen LogP contribution in [0.15, 0.2) is 54.6 Å². The fourth-order valence-electron chi connectivity index (χ4n) is 2.48. The highest BCUT2D eigenvalue weighted by molar-refractivity contribution is 6.30. The van der Waals surface area contributed by atoms with Crippen molar-refractivity contribution in [2.75, 3.05) is 20.6 Å². The molecule has 0 saturated heterocycles. The van der Waals surface area contributed by atoms with Gasteiger partial charge in [-0.15, -0.1) is 0 Å². The number of aliphatic hydroxyl groups is 1. The molecule has 1 N–H and O–H groups in total. The average molecular weight is 290 g/mol. The zero-order chi connectivity index (χ0) is 14.5. The molecule has 0 aliphatic heterocycles. The summed E-state index contributed by atoms with van der Waals surface area (Å²) in [5, 5.41) is 11.3. The first-order valence-corrected chi connectivity index (χ1v) is 7.09. The Morgan fingerprint density at radius 3 is 2.25 bits per heavy atom. The molecule has 2 atom stereocenters. The minimum atomic E-state index is -0.481. The van der Waals surface area contributed by atoms with Crippen molar-refractivity contribution >= 4 is 11.6 Å². The Kier molecular flexibility index (Phi) is 5.18. The predicted octanol–water partition coefficient (Wildman–Crippen LogP) is 3.39. The Morgan fingerprint density at radius 2 is 1.65 bits per heavy atom. The molecule has 0 aliphatic carbocycles. The third-order valence-corrected chi connectivity index (χ3v) is 3.54. The highest BCUT2D eigenvalue weighted by atomic mass is 35.5.